The Balaban J connectivity index is 1.54. The van der Waals surface area contributed by atoms with Crippen molar-refractivity contribution in [3.05, 3.63) is 47.0 Å². The molecule has 0 spiro atoms. The van der Waals surface area contributed by atoms with Gasteiger partial charge in [-0.3, -0.25) is 4.79 Å². The van der Waals surface area contributed by atoms with Crippen LogP contribution in [0.4, 0.5) is 5.69 Å². The second-order valence-corrected chi connectivity index (χ2v) is 7.01. The van der Waals surface area contributed by atoms with Crippen molar-refractivity contribution in [2.24, 2.45) is 5.92 Å². The van der Waals surface area contributed by atoms with Gasteiger partial charge < -0.3 is 9.88 Å². The molecule has 1 aliphatic heterocycles. The minimum atomic E-state index is 0.0779. The summed E-state index contributed by atoms with van der Waals surface area (Å²) in [4.78, 5) is 23.1. The van der Waals surface area contributed by atoms with Gasteiger partial charge in [0.05, 0.1) is 5.69 Å². The minimum absolute atomic E-state index is 0.0779. The molecule has 4 nitrogen and oxygen atoms in total. The highest BCUT2D eigenvalue weighted by molar-refractivity contribution is 5.97. The molecule has 2 heterocycles. The molecular weight excluding hydrogens is 286 g/mol. The molecule has 2 aromatic rings. The van der Waals surface area contributed by atoms with Crippen molar-refractivity contribution in [2.75, 3.05) is 11.4 Å². The highest BCUT2D eigenvalue weighted by atomic mass is 16.2. The van der Waals surface area contributed by atoms with Gasteiger partial charge in [-0.1, -0.05) is 32.0 Å². The molecule has 4 rings (SSSR count). The average molecular weight is 309 g/mol. The molecule has 1 N–H and O–H groups in total. The van der Waals surface area contributed by atoms with E-state index in [1.807, 2.05) is 11.0 Å². The lowest BCUT2D eigenvalue weighted by Gasteiger charge is -2.26. The fourth-order valence-electron chi connectivity index (χ4n) is 3.77. The fraction of sp³-hybridized carbons (Fsp3) is 0.474. The van der Waals surface area contributed by atoms with Crippen LogP contribution in [0.25, 0.3) is 0 Å². The fourth-order valence-corrected chi connectivity index (χ4v) is 3.77. The molecule has 1 aromatic carbocycles. The largest absolute Gasteiger partial charge is 0.345 e. The molecule has 0 unspecified atom stereocenters. The van der Waals surface area contributed by atoms with Crippen molar-refractivity contribution in [1.29, 1.82) is 0 Å². The monoisotopic (exact) mass is 309 g/mol. The number of para-hydroxylation sites is 1. The van der Waals surface area contributed by atoms with Crippen LogP contribution in [-0.4, -0.2) is 22.4 Å². The Hall–Kier alpha value is -2.10. The van der Waals surface area contributed by atoms with E-state index in [1.165, 1.54) is 17.0 Å². The molecule has 2 aliphatic rings. The van der Waals surface area contributed by atoms with E-state index in [0.29, 0.717) is 5.92 Å². The number of carbonyl (C=O) groups excluding carboxylic acids is 1. The molecule has 0 saturated carbocycles. The first kappa shape index (κ1) is 14.5. The Labute approximate surface area is 136 Å². The SMILES string of the molecule is CC(C)c1nc2c([nH]1)C[C@H](C(=O)N1CCc3ccccc31)CC2. The van der Waals surface area contributed by atoms with Gasteiger partial charge in [0, 0.05) is 36.2 Å². The number of rotatable bonds is 2. The topological polar surface area (TPSA) is 49.0 Å². The van der Waals surface area contributed by atoms with E-state index in [0.717, 1.165) is 43.7 Å². The van der Waals surface area contributed by atoms with Crippen molar-refractivity contribution in [1.82, 2.24) is 9.97 Å². The number of H-pyrrole nitrogens is 1. The Morgan fingerprint density at radius 3 is 2.96 bits per heavy atom. The van der Waals surface area contributed by atoms with E-state index in [4.69, 9.17) is 4.98 Å². The van der Waals surface area contributed by atoms with Gasteiger partial charge >= 0.3 is 0 Å². The summed E-state index contributed by atoms with van der Waals surface area (Å²) < 4.78 is 0. The molecule has 1 aliphatic carbocycles. The van der Waals surface area contributed by atoms with E-state index < -0.39 is 0 Å². The number of fused-ring (bicyclic) bond motifs is 2. The van der Waals surface area contributed by atoms with Crippen LogP contribution in [0, 0.1) is 5.92 Å². The second kappa shape index (κ2) is 5.52. The first-order valence-electron chi connectivity index (χ1n) is 8.60. The second-order valence-electron chi connectivity index (χ2n) is 7.01. The maximum absolute atomic E-state index is 13.0. The predicted octanol–water partition coefficient (Wildman–Crippen LogP) is 3.23. The van der Waals surface area contributed by atoms with E-state index in [9.17, 15) is 4.79 Å². The van der Waals surface area contributed by atoms with Crippen LogP contribution < -0.4 is 4.90 Å². The average Bonchev–Trinajstić information content (AvgIpc) is 3.17. The van der Waals surface area contributed by atoms with Gasteiger partial charge in [0.25, 0.3) is 0 Å². The number of imidazole rings is 1. The standard InChI is InChI=1S/C19H23N3O/c1-12(2)18-20-15-8-7-14(11-16(15)21-18)19(23)22-10-9-13-5-3-4-6-17(13)22/h3-6,12,14H,7-11H2,1-2H3,(H,20,21)/t14-/m1/s1. The van der Waals surface area contributed by atoms with Gasteiger partial charge in [-0.05, 0) is 30.9 Å². The molecule has 0 bridgehead atoms. The molecule has 1 atom stereocenters. The highest BCUT2D eigenvalue weighted by Crippen LogP contribution is 2.32. The smallest absolute Gasteiger partial charge is 0.230 e. The first-order valence-corrected chi connectivity index (χ1v) is 8.60. The van der Waals surface area contributed by atoms with Crippen LogP contribution in [0.3, 0.4) is 0 Å². The number of nitrogens with zero attached hydrogens (tertiary/aromatic N) is 2. The summed E-state index contributed by atoms with van der Waals surface area (Å²) >= 11 is 0. The third-order valence-electron chi connectivity index (χ3n) is 5.11. The molecule has 23 heavy (non-hydrogen) atoms. The van der Waals surface area contributed by atoms with Crippen LogP contribution in [-0.2, 0) is 24.1 Å². The van der Waals surface area contributed by atoms with Gasteiger partial charge in [0.1, 0.15) is 5.82 Å². The lowest BCUT2D eigenvalue weighted by molar-refractivity contribution is -0.122. The summed E-state index contributed by atoms with van der Waals surface area (Å²) in [5.74, 6) is 1.81. The zero-order valence-electron chi connectivity index (χ0n) is 13.8. The quantitative estimate of drug-likeness (QED) is 0.926. The number of anilines is 1. The molecule has 1 aromatic heterocycles. The Morgan fingerprint density at radius 2 is 2.13 bits per heavy atom. The van der Waals surface area contributed by atoms with E-state index in [1.54, 1.807) is 0 Å². The maximum Gasteiger partial charge on any atom is 0.230 e. The van der Waals surface area contributed by atoms with Crippen molar-refractivity contribution in [3.63, 3.8) is 0 Å². The van der Waals surface area contributed by atoms with Crippen LogP contribution in [0.5, 0.6) is 0 Å². The third kappa shape index (κ3) is 2.46. The van der Waals surface area contributed by atoms with Crippen LogP contribution in [0.2, 0.25) is 0 Å². The van der Waals surface area contributed by atoms with E-state index in [-0.39, 0.29) is 11.8 Å². The molecule has 0 saturated heterocycles. The van der Waals surface area contributed by atoms with Gasteiger partial charge in [-0.25, -0.2) is 4.98 Å². The van der Waals surface area contributed by atoms with Crippen molar-refractivity contribution >= 4 is 11.6 Å². The summed E-state index contributed by atoms with van der Waals surface area (Å²) in [6.07, 6.45) is 3.59. The van der Waals surface area contributed by atoms with Gasteiger partial charge in [0.2, 0.25) is 5.91 Å². The number of hydrogen-bond donors (Lipinski definition) is 1. The molecular formula is C19H23N3O. The Kier molecular flexibility index (Phi) is 3.47. The van der Waals surface area contributed by atoms with Crippen LogP contribution in [0.1, 0.15) is 49.0 Å². The van der Waals surface area contributed by atoms with Crippen molar-refractivity contribution < 1.29 is 4.79 Å². The third-order valence-corrected chi connectivity index (χ3v) is 5.11. The van der Waals surface area contributed by atoms with E-state index in [2.05, 4.69) is 37.0 Å². The zero-order chi connectivity index (χ0) is 16.0. The molecule has 4 heteroatoms. The van der Waals surface area contributed by atoms with Crippen LogP contribution >= 0.6 is 0 Å². The number of aromatic amines is 1. The van der Waals surface area contributed by atoms with Crippen molar-refractivity contribution in [3.8, 4) is 0 Å². The van der Waals surface area contributed by atoms with Crippen molar-refractivity contribution in [2.45, 2.75) is 45.4 Å². The molecule has 0 radical (unpaired) electrons. The molecule has 0 fully saturated rings. The number of benzene rings is 1. The number of carbonyl (C=O) groups is 1. The van der Waals surface area contributed by atoms with Gasteiger partial charge in [-0.2, -0.15) is 0 Å². The summed E-state index contributed by atoms with van der Waals surface area (Å²) in [5.41, 5.74) is 4.74. The lowest BCUT2D eigenvalue weighted by atomic mass is 9.88. The lowest BCUT2D eigenvalue weighted by Crippen LogP contribution is -2.37. The normalized spacial score (nSPS) is 19.8. The summed E-state index contributed by atoms with van der Waals surface area (Å²) in [5, 5.41) is 0. The minimum Gasteiger partial charge on any atom is -0.345 e. The summed E-state index contributed by atoms with van der Waals surface area (Å²) in [6.45, 7) is 5.12. The highest BCUT2D eigenvalue weighted by Gasteiger charge is 2.33. The number of hydrogen-bond acceptors (Lipinski definition) is 2. The predicted molar refractivity (Wildman–Crippen MR) is 90.7 cm³/mol. The Bertz CT molecular complexity index is 747. The number of aryl methyl sites for hydroxylation is 1. The number of aromatic nitrogens is 2. The van der Waals surface area contributed by atoms with Gasteiger partial charge in [0.15, 0.2) is 0 Å². The zero-order valence-corrected chi connectivity index (χ0v) is 13.8. The molecule has 1 amide bonds. The van der Waals surface area contributed by atoms with E-state index >= 15 is 0 Å². The maximum atomic E-state index is 13.0. The number of nitrogens with one attached hydrogen (secondary N) is 1. The Morgan fingerprint density at radius 1 is 1.30 bits per heavy atom. The van der Waals surface area contributed by atoms with Crippen LogP contribution in [0.15, 0.2) is 24.3 Å². The van der Waals surface area contributed by atoms with Gasteiger partial charge in [-0.15, -0.1) is 0 Å². The number of amides is 1. The first-order chi connectivity index (χ1) is 11.1. The summed E-state index contributed by atoms with van der Waals surface area (Å²) in [6, 6.07) is 8.28. The summed E-state index contributed by atoms with van der Waals surface area (Å²) in [7, 11) is 0. The molecule has 120 valence electrons.